The van der Waals surface area contributed by atoms with Crippen molar-refractivity contribution in [3.05, 3.63) is 78.9 Å². The topological polar surface area (TPSA) is 139 Å². The summed E-state index contributed by atoms with van der Waals surface area (Å²) in [5.74, 6) is 0. The first kappa shape index (κ1) is 22.7. The molecule has 3 aromatic rings. The van der Waals surface area contributed by atoms with Crippen LogP contribution in [0.3, 0.4) is 0 Å². The van der Waals surface area contributed by atoms with E-state index in [0.29, 0.717) is 5.69 Å². The highest BCUT2D eigenvalue weighted by Crippen LogP contribution is 2.22. The number of benzene rings is 3. The maximum Gasteiger partial charge on any atom is 0.261 e. The van der Waals surface area contributed by atoms with Gasteiger partial charge in [0.25, 0.3) is 20.0 Å². The molecule has 0 bridgehead atoms. The fraction of sp³-hybridized carbons (Fsp3) is 0.0526. The lowest BCUT2D eigenvalue weighted by atomic mass is 10.3. The zero-order chi connectivity index (χ0) is 22.7. The Balaban J connectivity index is 1.82. The van der Waals surface area contributed by atoms with Crippen molar-refractivity contribution in [2.45, 2.75) is 14.7 Å². The van der Waals surface area contributed by atoms with E-state index in [2.05, 4.69) is 14.2 Å². The molecule has 3 aromatic carbocycles. The SMILES string of the molecule is CNS(=O)(=O)c1cccc(S(=O)(=O)Nc2ccc(S(=O)(=O)Nc3ccccc3)cc2)c1. The highest BCUT2D eigenvalue weighted by Gasteiger charge is 2.19. The molecule has 0 saturated heterocycles. The Bertz CT molecular complexity index is 1390. The summed E-state index contributed by atoms with van der Waals surface area (Å²) < 4.78 is 80.9. The molecule has 3 rings (SSSR count). The van der Waals surface area contributed by atoms with Crippen LogP contribution in [0.4, 0.5) is 11.4 Å². The van der Waals surface area contributed by atoms with Crippen LogP contribution in [0.25, 0.3) is 0 Å². The summed E-state index contributed by atoms with van der Waals surface area (Å²) in [6, 6.07) is 18.3. The number of sulfonamides is 3. The monoisotopic (exact) mass is 481 g/mol. The maximum absolute atomic E-state index is 12.6. The van der Waals surface area contributed by atoms with E-state index in [9.17, 15) is 25.3 Å². The molecule has 31 heavy (non-hydrogen) atoms. The molecule has 0 fully saturated rings. The zero-order valence-corrected chi connectivity index (χ0v) is 18.6. The van der Waals surface area contributed by atoms with E-state index in [1.807, 2.05) is 0 Å². The third kappa shape index (κ3) is 5.41. The minimum Gasteiger partial charge on any atom is -0.280 e. The third-order valence-corrected chi connectivity index (χ3v) is 8.33. The number of hydrogen-bond acceptors (Lipinski definition) is 6. The summed E-state index contributed by atoms with van der Waals surface area (Å²) >= 11 is 0. The fourth-order valence-electron chi connectivity index (χ4n) is 2.56. The summed E-state index contributed by atoms with van der Waals surface area (Å²) in [6.07, 6.45) is 0. The van der Waals surface area contributed by atoms with Gasteiger partial charge in [-0.2, -0.15) is 0 Å². The maximum atomic E-state index is 12.6. The molecule has 0 heterocycles. The third-order valence-electron chi connectivity index (χ3n) is 4.14. The van der Waals surface area contributed by atoms with E-state index in [1.165, 1.54) is 49.5 Å². The van der Waals surface area contributed by atoms with Gasteiger partial charge in [0, 0.05) is 11.4 Å². The van der Waals surface area contributed by atoms with Crippen molar-refractivity contribution in [2.24, 2.45) is 0 Å². The minimum atomic E-state index is -4.11. The summed E-state index contributed by atoms with van der Waals surface area (Å²) in [5, 5.41) is 0. The molecule has 3 N–H and O–H groups in total. The van der Waals surface area contributed by atoms with Gasteiger partial charge in [0.15, 0.2) is 0 Å². The van der Waals surface area contributed by atoms with Crippen molar-refractivity contribution in [2.75, 3.05) is 16.5 Å². The highest BCUT2D eigenvalue weighted by molar-refractivity contribution is 7.93. The molecule has 0 aliphatic carbocycles. The van der Waals surface area contributed by atoms with E-state index in [-0.39, 0.29) is 20.4 Å². The van der Waals surface area contributed by atoms with Crippen LogP contribution in [0, 0.1) is 0 Å². The van der Waals surface area contributed by atoms with Gasteiger partial charge >= 0.3 is 0 Å². The number of para-hydroxylation sites is 1. The number of rotatable bonds is 8. The largest absolute Gasteiger partial charge is 0.280 e. The van der Waals surface area contributed by atoms with E-state index in [4.69, 9.17) is 0 Å². The van der Waals surface area contributed by atoms with Crippen LogP contribution in [-0.4, -0.2) is 32.3 Å². The Morgan fingerprint density at radius 2 is 1.00 bits per heavy atom. The summed E-state index contributed by atoms with van der Waals surface area (Å²) in [6.45, 7) is 0. The van der Waals surface area contributed by atoms with Crippen molar-refractivity contribution in [1.82, 2.24) is 4.72 Å². The second kappa shape index (κ2) is 8.67. The second-order valence-electron chi connectivity index (χ2n) is 6.28. The standard InChI is InChI=1S/C19H19N3O6S3/c1-20-29(23,24)18-8-5-9-19(14-18)31(27,28)22-16-10-12-17(13-11-16)30(25,26)21-15-6-3-2-4-7-15/h2-14,20-22H,1H3. The Kier molecular flexibility index (Phi) is 6.36. The zero-order valence-electron chi connectivity index (χ0n) is 16.2. The van der Waals surface area contributed by atoms with Gasteiger partial charge in [-0.25, -0.2) is 30.0 Å². The quantitative estimate of drug-likeness (QED) is 0.451. The molecule has 0 aromatic heterocycles. The van der Waals surface area contributed by atoms with Gasteiger partial charge in [-0.3, -0.25) is 9.44 Å². The van der Waals surface area contributed by atoms with E-state index >= 15 is 0 Å². The molecule has 0 radical (unpaired) electrons. The Hall–Kier alpha value is -2.93. The molecule has 0 unspecified atom stereocenters. The van der Waals surface area contributed by atoms with Gasteiger partial charge in [0.05, 0.1) is 14.7 Å². The molecule has 12 heteroatoms. The van der Waals surface area contributed by atoms with Crippen LogP contribution in [0.1, 0.15) is 0 Å². The minimum absolute atomic E-state index is 0.0542. The van der Waals surface area contributed by atoms with Crippen LogP contribution in [0.15, 0.2) is 93.5 Å². The van der Waals surface area contributed by atoms with Crippen LogP contribution in [0.2, 0.25) is 0 Å². The lowest BCUT2D eigenvalue weighted by molar-refractivity contribution is 0.587. The predicted molar refractivity (Wildman–Crippen MR) is 117 cm³/mol. The molecule has 0 amide bonds. The average Bonchev–Trinajstić information content (AvgIpc) is 2.74. The highest BCUT2D eigenvalue weighted by atomic mass is 32.2. The lowest BCUT2D eigenvalue weighted by Crippen LogP contribution is -2.19. The fourth-order valence-corrected chi connectivity index (χ4v) is 5.58. The molecule has 0 aliphatic heterocycles. The summed E-state index contributed by atoms with van der Waals surface area (Å²) in [4.78, 5) is -0.515. The van der Waals surface area contributed by atoms with Gasteiger partial charge in [-0.15, -0.1) is 0 Å². The van der Waals surface area contributed by atoms with Gasteiger partial charge in [0.1, 0.15) is 0 Å². The Labute approximate surface area is 181 Å². The first-order valence-corrected chi connectivity index (χ1v) is 13.2. The van der Waals surface area contributed by atoms with Gasteiger partial charge in [-0.05, 0) is 61.6 Å². The van der Waals surface area contributed by atoms with E-state index < -0.39 is 30.1 Å². The van der Waals surface area contributed by atoms with Crippen molar-refractivity contribution < 1.29 is 25.3 Å². The molecular weight excluding hydrogens is 462 g/mol. The average molecular weight is 482 g/mol. The van der Waals surface area contributed by atoms with Gasteiger partial charge in [0.2, 0.25) is 10.0 Å². The Morgan fingerprint density at radius 3 is 1.55 bits per heavy atom. The number of nitrogens with one attached hydrogen (secondary N) is 3. The van der Waals surface area contributed by atoms with Crippen LogP contribution in [-0.2, 0) is 30.1 Å². The molecule has 0 saturated carbocycles. The smallest absolute Gasteiger partial charge is 0.261 e. The molecular formula is C19H19N3O6S3. The van der Waals surface area contributed by atoms with Gasteiger partial charge < -0.3 is 0 Å². The summed E-state index contributed by atoms with van der Waals surface area (Å²) in [7, 11) is -10.6. The molecule has 0 atom stereocenters. The number of hydrogen-bond donors (Lipinski definition) is 3. The predicted octanol–water partition coefficient (Wildman–Crippen LogP) is 2.20. The van der Waals surface area contributed by atoms with Crippen molar-refractivity contribution in [3.63, 3.8) is 0 Å². The summed E-state index contributed by atoms with van der Waals surface area (Å²) in [5.41, 5.74) is 0.504. The molecule has 9 nitrogen and oxygen atoms in total. The van der Waals surface area contributed by atoms with Crippen LogP contribution in [0.5, 0.6) is 0 Å². The van der Waals surface area contributed by atoms with Crippen molar-refractivity contribution in [1.29, 1.82) is 0 Å². The van der Waals surface area contributed by atoms with Crippen LogP contribution >= 0.6 is 0 Å². The van der Waals surface area contributed by atoms with Crippen LogP contribution < -0.4 is 14.2 Å². The van der Waals surface area contributed by atoms with Crippen molar-refractivity contribution >= 4 is 41.4 Å². The van der Waals surface area contributed by atoms with E-state index in [1.54, 1.807) is 30.3 Å². The second-order valence-corrected chi connectivity index (χ2v) is 11.5. The van der Waals surface area contributed by atoms with Gasteiger partial charge in [-0.1, -0.05) is 24.3 Å². The first-order chi connectivity index (χ1) is 14.5. The molecule has 164 valence electrons. The van der Waals surface area contributed by atoms with E-state index in [0.717, 1.165) is 6.07 Å². The Morgan fingerprint density at radius 1 is 0.516 bits per heavy atom. The lowest BCUT2D eigenvalue weighted by Gasteiger charge is -2.11. The molecule has 0 aliphatic rings. The molecule has 0 spiro atoms. The first-order valence-electron chi connectivity index (χ1n) is 8.78. The normalized spacial score (nSPS) is 12.3. The number of anilines is 2. The van der Waals surface area contributed by atoms with Crippen molar-refractivity contribution in [3.8, 4) is 0 Å².